The number of thiophene rings is 1. The largest absolute Gasteiger partial charge is 0.383 e. The third-order valence-corrected chi connectivity index (χ3v) is 2.91. The SMILES string of the molecule is COCCn1cnnc1Cc1ccsc1. The van der Waals surface area contributed by atoms with E-state index in [1.165, 1.54) is 5.56 Å². The van der Waals surface area contributed by atoms with Crippen LogP contribution in [-0.4, -0.2) is 28.5 Å². The first-order valence-electron chi connectivity index (χ1n) is 4.77. The summed E-state index contributed by atoms with van der Waals surface area (Å²) in [6.45, 7) is 1.50. The summed E-state index contributed by atoms with van der Waals surface area (Å²) in [5.41, 5.74) is 1.28. The molecule has 0 saturated carbocycles. The third kappa shape index (κ3) is 2.64. The molecule has 0 aliphatic carbocycles. The normalized spacial score (nSPS) is 10.7. The molecule has 0 radical (unpaired) electrons. The van der Waals surface area contributed by atoms with Crippen LogP contribution in [0.5, 0.6) is 0 Å². The number of hydrogen-bond donors (Lipinski definition) is 0. The summed E-state index contributed by atoms with van der Waals surface area (Å²) in [4.78, 5) is 0. The molecule has 0 spiro atoms. The molecular formula is C10H13N3OS. The number of nitrogens with zero attached hydrogens (tertiary/aromatic N) is 3. The fourth-order valence-corrected chi connectivity index (χ4v) is 2.04. The lowest BCUT2D eigenvalue weighted by molar-refractivity contribution is 0.186. The van der Waals surface area contributed by atoms with E-state index in [0.29, 0.717) is 6.61 Å². The van der Waals surface area contributed by atoms with Crippen molar-refractivity contribution in [3.05, 3.63) is 34.5 Å². The second-order valence-corrected chi connectivity index (χ2v) is 4.02. The Labute approximate surface area is 92.5 Å². The molecule has 0 aliphatic rings. The number of ether oxygens (including phenoxy) is 1. The van der Waals surface area contributed by atoms with Crippen LogP contribution in [0.4, 0.5) is 0 Å². The average Bonchev–Trinajstić information content (AvgIpc) is 2.87. The molecule has 5 heteroatoms. The van der Waals surface area contributed by atoms with E-state index in [2.05, 4.69) is 27.0 Å². The number of aromatic nitrogens is 3. The van der Waals surface area contributed by atoms with E-state index in [4.69, 9.17) is 4.74 Å². The number of methoxy groups -OCH3 is 1. The van der Waals surface area contributed by atoms with Gasteiger partial charge < -0.3 is 9.30 Å². The summed E-state index contributed by atoms with van der Waals surface area (Å²) < 4.78 is 7.06. The Morgan fingerprint density at radius 1 is 1.53 bits per heavy atom. The van der Waals surface area contributed by atoms with Crippen molar-refractivity contribution >= 4 is 11.3 Å². The van der Waals surface area contributed by atoms with Crippen LogP contribution in [0.25, 0.3) is 0 Å². The number of hydrogen-bond acceptors (Lipinski definition) is 4. The molecule has 80 valence electrons. The highest BCUT2D eigenvalue weighted by Crippen LogP contribution is 2.10. The molecule has 2 rings (SSSR count). The van der Waals surface area contributed by atoms with Crippen LogP contribution < -0.4 is 0 Å². The van der Waals surface area contributed by atoms with Gasteiger partial charge in [0.15, 0.2) is 0 Å². The fourth-order valence-electron chi connectivity index (χ4n) is 1.37. The maximum absolute atomic E-state index is 5.03. The minimum absolute atomic E-state index is 0.689. The second kappa shape index (κ2) is 5.04. The fraction of sp³-hybridized carbons (Fsp3) is 0.400. The maximum atomic E-state index is 5.03. The molecule has 0 unspecified atom stereocenters. The molecule has 0 atom stereocenters. The topological polar surface area (TPSA) is 39.9 Å². The minimum Gasteiger partial charge on any atom is -0.383 e. The monoisotopic (exact) mass is 223 g/mol. The molecule has 0 aromatic carbocycles. The molecule has 0 bridgehead atoms. The van der Waals surface area contributed by atoms with Gasteiger partial charge in [-0.05, 0) is 22.4 Å². The summed E-state index contributed by atoms with van der Waals surface area (Å²) in [5, 5.41) is 12.2. The van der Waals surface area contributed by atoms with Gasteiger partial charge in [0.1, 0.15) is 12.2 Å². The second-order valence-electron chi connectivity index (χ2n) is 3.24. The lowest BCUT2D eigenvalue weighted by atomic mass is 10.2. The van der Waals surface area contributed by atoms with E-state index >= 15 is 0 Å². The van der Waals surface area contributed by atoms with Gasteiger partial charge in [0.25, 0.3) is 0 Å². The number of rotatable bonds is 5. The quantitative estimate of drug-likeness (QED) is 0.772. The Morgan fingerprint density at radius 2 is 2.47 bits per heavy atom. The first kappa shape index (κ1) is 10.3. The van der Waals surface area contributed by atoms with Gasteiger partial charge in [-0.2, -0.15) is 11.3 Å². The van der Waals surface area contributed by atoms with Crippen LogP contribution in [0.2, 0.25) is 0 Å². The van der Waals surface area contributed by atoms with Gasteiger partial charge in [0.2, 0.25) is 0 Å². The van der Waals surface area contributed by atoms with Gasteiger partial charge in [-0.15, -0.1) is 10.2 Å². The first-order valence-corrected chi connectivity index (χ1v) is 5.71. The molecule has 0 aliphatic heterocycles. The van der Waals surface area contributed by atoms with Gasteiger partial charge in [-0.3, -0.25) is 0 Å². The predicted octanol–water partition coefficient (Wildman–Crippen LogP) is 1.58. The summed E-state index contributed by atoms with van der Waals surface area (Å²) >= 11 is 1.70. The molecule has 0 saturated heterocycles. The lowest BCUT2D eigenvalue weighted by Crippen LogP contribution is -2.07. The standard InChI is InChI=1S/C10H13N3OS/c1-14-4-3-13-8-11-12-10(13)6-9-2-5-15-7-9/h2,5,7-8H,3-4,6H2,1H3. The Morgan fingerprint density at radius 3 is 3.20 bits per heavy atom. The van der Waals surface area contributed by atoms with Crippen molar-refractivity contribution in [2.75, 3.05) is 13.7 Å². The lowest BCUT2D eigenvalue weighted by Gasteiger charge is -2.04. The van der Waals surface area contributed by atoms with Crippen LogP contribution >= 0.6 is 11.3 Å². The summed E-state index contributed by atoms with van der Waals surface area (Å²) in [7, 11) is 1.70. The van der Waals surface area contributed by atoms with Crippen LogP contribution in [0.1, 0.15) is 11.4 Å². The third-order valence-electron chi connectivity index (χ3n) is 2.17. The van der Waals surface area contributed by atoms with Crippen LogP contribution in [0.3, 0.4) is 0 Å². The van der Waals surface area contributed by atoms with Crippen LogP contribution in [-0.2, 0) is 17.7 Å². The van der Waals surface area contributed by atoms with Gasteiger partial charge in [0.05, 0.1) is 6.61 Å². The van der Waals surface area contributed by atoms with Crippen LogP contribution in [0, 0.1) is 0 Å². The van der Waals surface area contributed by atoms with Crippen molar-refractivity contribution in [2.24, 2.45) is 0 Å². The summed E-state index contributed by atoms with van der Waals surface area (Å²) in [6.07, 6.45) is 2.59. The Kier molecular flexibility index (Phi) is 3.47. The first-order chi connectivity index (χ1) is 7.40. The van der Waals surface area contributed by atoms with Crippen molar-refractivity contribution in [1.82, 2.24) is 14.8 Å². The molecule has 15 heavy (non-hydrogen) atoms. The molecule has 2 heterocycles. The van der Waals surface area contributed by atoms with E-state index in [1.54, 1.807) is 24.8 Å². The minimum atomic E-state index is 0.689. The van der Waals surface area contributed by atoms with Gasteiger partial charge in [0, 0.05) is 20.1 Å². The molecule has 0 N–H and O–H groups in total. The highest BCUT2D eigenvalue weighted by molar-refractivity contribution is 7.07. The van der Waals surface area contributed by atoms with Crippen molar-refractivity contribution in [3.63, 3.8) is 0 Å². The molecule has 0 amide bonds. The zero-order chi connectivity index (χ0) is 10.5. The Hall–Kier alpha value is -1.20. The molecule has 2 aromatic rings. The maximum Gasteiger partial charge on any atom is 0.137 e. The molecule has 2 aromatic heterocycles. The van der Waals surface area contributed by atoms with E-state index < -0.39 is 0 Å². The zero-order valence-electron chi connectivity index (χ0n) is 8.59. The van der Waals surface area contributed by atoms with Gasteiger partial charge >= 0.3 is 0 Å². The molecule has 0 fully saturated rings. The summed E-state index contributed by atoms with van der Waals surface area (Å²) in [5.74, 6) is 0.991. The van der Waals surface area contributed by atoms with Crippen LogP contribution in [0.15, 0.2) is 23.2 Å². The molecule has 4 nitrogen and oxygen atoms in total. The highest BCUT2D eigenvalue weighted by Gasteiger charge is 2.05. The van der Waals surface area contributed by atoms with E-state index in [9.17, 15) is 0 Å². The zero-order valence-corrected chi connectivity index (χ0v) is 9.41. The van der Waals surface area contributed by atoms with Crippen molar-refractivity contribution in [1.29, 1.82) is 0 Å². The summed E-state index contributed by atoms with van der Waals surface area (Å²) in [6, 6.07) is 2.11. The Bertz CT molecular complexity index is 396. The van der Waals surface area contributed by atoms with Crippen molar-refractivity contribution in [2.45, 2.75) is 13.0 Å². The average molecular weight is 223 g/mol. The smallest absolute Gasteiger partial charge is 0.137 e. The Balaban J connectivity index is 2.04. The van der Waals surface area contributed by atoms with E-state index in [1.807, 2.05) is 4.57 Å². The molecular weight excluding hydrogens is 210 g/mol. The van der Waals surface area contributed by atoms with Crippen molar-refractivity contribution in [3.8, 4) is 0 Å². The van der Waals surface area contributed by atoms with Crippen molar-refractivity contribution < 1.29 is 4.74 Å². The van der Waals surface area contributed by atoms with E-state index in [-0.39, 0.29) is 0 Å². The highest BCUT2D eigenvalue weighted by atomic mass is 32.1. The van der Waals surface area contributed by atoms with Gasteiger partial charge in [-0.1, -0.05) is 0 Å². The van der Waals surface area contributed by atoms with Gasteiger partial charge in [-0.25, -0.2) is 0 Å². The predicted molar refractivity (Wildman–Crippen MR) is 59.0 cm³/mol. The van der Waals surface area contributed by atoms with E-state index in [0.717, 1.165) is 18.8 Å².